The summed E-state index contributed by atoms with van der Waals surface area (Å²) in [5.41, 5.74) is 22.7. The lowest BCUT2D eigenvalue weighted by atomic mass is 9.99. The molecule has 0 saturated carbocycles. The minimum Gasteiger partial charge on any atom is -0.481 e. The Morgan fingerprint density at radius 3 is 1.24 bits per heavy atom. The number of aliphatic hydroxyl groups is 3. The molecule has 738 valence electrons. The number of para-hydroxylation sites is 3. The standard InChI is InChI=1S/C96H129N21O20/c1-52(2)41-71(85(126)110-74(46-59-49-103-66-31-17-14-28-62(59)66)88(129)106-69(36-37-79(121)122)84(125)105-68(34-21-39-101-96(99)100)83(124)107-70(95(136)137)33-19-20-38-97)111-92(133)81(55(6)120)116-90(131)77(51-118)114-91(132)78-35-22-40-117(78)94(135)76(42-53(3)4)113-87(128)72(43-56-23-9-7-10-24-56)109-86(127)73(44-57-25-11-8-12-26-57)112-93(134)80(54(5)119)115-89(130)75(47-60-50-104-67-32-18-15-29-63(60)67)108-82(123)64(98)45-58-48-102-65-30-16-13-27-61(58)65/h7-18,23-32,48-50,52-55,64,68-78,80-81,102-104,118-120H,19-22,33-47,51,97-98H2,1-6H3,(H,105,125)(H,106,129)(H,107,124)(H,108,123)(H,109,127)(H,110,126)(H,111,133)(H,112,134)(H,113,128)(H,114,132)(H,115,130)(H,116,131)(H,121,122)(H,136,137)(H4,99,100,101)/t54-,55-,64+,68+,69+,70+,71+,72+,73+,74+,75+,76+,77+,78+,80+,81+/m0/s1. The summed E-state index contributed by atoms with van der Waals surface area (Å²) in [5, 5.41) is 96.9. The Balaban J connectivity index is 0.885. The number of nitrogens with zero attached hydrogens (tertiary/aromatic N) is 1. The number of carbonyl (C=O) groups excluding carboxylic acids is 13. The van der Waals surface area contributed by atoms with Crippen molar-refractivity contribution >= 4 is 127 Å². The number of benzene rings is 5. The third-order valence-electron chi connectivity index (χ3n) is 23.6. The minimum atomic E-state index is -1.94. The third-order valence-corrected chi connectivity index (χ3v) is 23.6. The van der Waals surface area contributed by atoms with Gasteiger partial charge in [0.25, 0.3) is 0 Å². The fourth-order valence-corrected chi connectivity index (χ4v) is 16.4. The predicted molar refractivity (Wildman–Crippen MR) is 508 cm³/mol. The second-order valence-electron chi connectivity index (χ2n) is 35.4. The number of hydrogen-bond donors (Lipinski definition) is 25. The Bertz CT molecular complexity index is 5490. The number of H-pyrrole nitrogens is 3. The topological polar surface area (TPSA) is 666 Å². The number of carboxylic acids is 2. The molecule has 5 aromatic carbocycles. The second kappa shape index (κ2) is 52.1. The number of carbonyl (C=O) groups is 15. The Morgan fingerprint density at radius 2 is 0.796 bits per heavy atom. The Labute approximate surface area is 791 Å². The van der Waals surface area contributed by atoms with Crippen LogP contribution in [0.4, 0.5) is 0 Å². The molecule has 137 heavy (non-hydrogen) atoms. The van der Waals surface area contributed by atoms with Crippen molar-refractivity contribution in [2.45, 2.75) is 241 Å². The highest BCUT2D eigenvalue weighted by Crippen LogP contribution is 2.26. The van der Waals surface area contributed by atoms with Crippen LogP contribution in [0, 0.1) is 17.2 Å². The molecular weight excluding hydrogens is 1770 g/mol. The highest BCUT2D eigenvalue weighted by Gasteiger charge is 2.43. The quantitative estimate of drug-likeness (QED) is 0.0135. The first-order valence-corrected chi connectivity index (χ1v) is 46.0. The van der Waals surface area contributed by atoms with E-state index in [-0.39, 0.29) is 103 Å². The fraction of sp³-hybridized carbons (Fsp3) is 0.458. The number of amides is 13. The van der Waals surface area contributed by atoms with Crippen molar-refractivity contribution in [3.05, 3.63) is 180 Å². The molecule has 16 atom stereocenters. The van der Waals surface area contributed by atoms with E-state index < -0.39 is 217 Å². The van der Waals surface area contributed by atoms with Crippen LogP contribution in [0.1, 0.15) is 140 Å². The van der Waals surface area contributed by atoms with Crippen molar-refractivity contribution < 1.29 is 97.5 Å². The number of likely N-dealkylation sites (tertiary alicyclic amines) is 1. The maximum absolute atomic E-state index is 15.2. The van der Waals surface area contributed by atoms with Crippen LogP contribution in [0.2, 0.25) is 0 Å². The number of guanidine groups is 1. The molecule has 0 unspecified atom stereocenters. The average molecular weight is 1900 g/mol. The number of aromatic amines is 3. The number of nitrogens with two attached hydrogens (primary N) is 3. The normalized spacial score (nSPS) is 15.8. The van der Waals surface area contributed by atoms with Crippen molar-refractivity contribution in [1.29, 1.82) is 5.41 Å². The van der Waals surface area contributed by atoms with Crippen LogP contribution in [0.3, 0.4) is 0 Å². The summed E-state index contributed by atoms with van der Waals surface area (Å²) in [4.78, 5) is 226. The molecule has 3 aromatic heterocycles. The largest absolute Gasteiger partial charge is 0.481 e. The van der Waals surface area contributed by atoms with E-state index in [0.717, 1.165) is 34.3 Å². The van der Waals surface area contributed by atoms with Crippen LogP contribution < -0.4 is 86.3 Å². The van der Waals surface area contributed by atoms with Crippen LogP contribution in [-0.2, 0) is 104 Å². The molecule has 4 heterocycles. The summed E-state index contributed by atoms with van der Waals surface area (Å²) >= 11 is 0. The lowest BCUT2D eigenvalue weighted by molar-refractivity contribution is -0.143. The maximum atomic E-state index is 15.2. The monoisotopic (exact) mass is 1900 g/mol. The fourth-order valence-electron chi connectivity index (χ4n) is 16.4. The van der Waals surface area contributed by atoms with Gasteiger partial charge in [-0.3, -0.25) is 72.5 Å². The molecule has 9 rings (SSSR count). The minimum absolute atomic E-state index is 0.00558. The van der Waals surface area contributed by atoms with Gasteiger partial charge in [0.2, 0.25) is 76.8 Å². The van der Waals surface area contributed by atoms with Crippen molar-refractivity contribution in [3.8, 4) is 0 Å². The van der Waals surface area contributed by atoms with E-state index in [0.29, 0.717) is 46.0 Å². The van der Waals surface area contributed by atoms with E-state index in [4.69, 9.17) is 22.6 Å². The van der Waals surface area contributed by atoms with Gasteiger partial charge in [-0.05, 0) is 149 Å². The van der Waals surface area contributed by atoms with Crippen molar-refractivity contribution in [2.75, 3.05) is 26.2 Å². The van der Waals surface area contributed by atoms with Crippen LogP contribution in [0.15, 0.2) is 152 Å². The molecule has 0 spiro atoms. The summed E-state index contributed by atoms with van der Waals surface area (Å²) in [6.07, 6.45) is 0.239. The van der Waals surface area contributed by atoms with Crippen LogP contribution >= 0.6 is 0 Å². The van der Waals surface area contributed by atoms with E-state index >= 15 is 14.4 Å². The van der Waals surface area contributed by atoms with E-state index in [1.807, 2.05) is 42.5 Å². The first kappa shape index (κ1) is 107. The van der Waals surface area contributed by atoms with Crippen molar-refractivity contribution in [1.82, 2.24) is 89.0 Å². The number of hydrogen-bond acceptors (Lipinski definition) is 21. The molecule has 0 bridgehead atoms. The Kier molecular flexibility index (Phi) is 40.5. The van der Waals surface area contributed by atoms with Crippen LogP contribution in [0.25, 0.3) is 32.7 Å². The SMILES string of the molecule is CC(C)C[C@@H](NC(=O)[C@H](NC(=O)[C@@H](CO)NC(=O)[C@H]1CCCN1C(=O)[C@@H](CC(C)C)NC(=O)[C@@H](Cc1ccccc1)NC(=O)[C@@H](Cc1ccccc1)NC(=O)[C@H](NC(=O)[C@@H](Cc1c[nH]c2ccccc12)NC(=O)[C@H](N)Cc1c[nH]c2ccccc12)[C@H](C)O)[C@H](C)O)C(=O)N[C@H](Cc1c[nH]c2ccccc12)C(=O)N[C@H](CCC(=O)O)C(=O)N[C@H](CCCNC(=N)N)C(=O)N[C@H](CCCCN)C(=O)O. The smallest absolute Gasteiger partial charge is 0.326 e. The zero-order chi connectivity index (χ0) is 99.7. The summed E-state index contributed by atoms with van der Waals surface area (Å²) in [6.45, 7) is 8.42. The van der Waals surface area contributed by atoms with Gasteiger partial charge in [-0.1, -0.05) is 143 Å². The first-order chi connectivity index (χ1) is 65.4. The number of aromatic nitrogens is 3. The van der Waals surface area contributed by atoms with E-state index in [1.165, 1.54) is 11.8 Å². The van der Waals surface area contributed by atoms with Crippen LogP contribution in [0.5, 0.6) is 0 Å². The summed E-state index contributed by atoms with van der Waals surface area (Å²) in [6, 6.07) is 16.9. The molecule has 41 heteroatoms. The Hall–Kier alpha value is -14.2. The lowest BCUT2D eigenvalue weighted by Gasteiger charge is -2.32. The number of carboxylic acid groups (broad SMARTS) is 2. The molecule has 1 saturated heterocycles. The zero-order valence-electron chi connectivity index (χ0n) is 77.5. The molecular formula is C96H129N21O20. The first-order valence-electron chi connectivity index (χ1n) is 46.0. The van der Waals surface area contributed by atoms with E-state index in [9.17, 15) is 83.1 Å². The Morgan fingerprint density at radius 1 is 0.423 bits per heavy atom. The number of rotatable bonds is 54. The third kappa shape index (κ3) is 31.7. The van der Waals surface area contributed by atoms with Gasteiger partial charge in [-0.25, -0.2) is 4.79 Å². The molecule has 41 nitrogen and oxygen atoms in total. The van der Waals surface area contributed by atoms with Gasteiger partial charge in [-0.15, -0.1) is 0 Å². The summed E-state index contributed by atoms with van der Waals surface area (Å²) in [7, 11) is 0. The van der Waals surface area contributed by atoms with Gasteiger partial charge in [0.1, 0.15) is 78.5 Å². The highest BCUT2D eigenvalue weighted by atomic mass is 16.4. The zero-order valence-corrected chi connectivity index (χ0v) is 77.5. The van der Waals surface area contributed by atoms with Crippen LogP contribution in [-0.4, -0.2) is 263 Å². The molecule has 1 aliphatic heterocycles. The molecule has 1 aliphatic rings. The molecule has 0 aliphatic carbocycles. The molecule has 1 fully saturated rings. The van der Waals surface area contributed by atoms with E-state index in [2.05, 4.69) is 84.1 Å². The number of aliphatic carboxylic acids is 2. The average Bonchev–Trinajstić information content (AvgIpc) is 1.72. The predicted octanol–water partition coefficient (Wildman–Crippen LogP) is -0.0325. The highest BCUT2D eigenvalue weighted by molar-refractivity contribution is 6.02. The number of unbranched alkanes of at least 4 members (excludes halogenated alkanes) is 1. The summed E-state index contributed by atoms with van der Waals surface area (Å²) in [5.74, 6) is -16.5. The van der Waals surface area contributed by atoms with Crippen molar-refractivity contribution in [3.63, 3.8) is 0 Å². The number of aliphatic hydroxyl groups excluding tert-OH is 3. The lowest BCUT2D eigenvalue weighted by Crippen LogP contribution is -2.63. The van der Waals surface area contributed by atoms with Gasteiger partial charge in [0.15, 0.2) is 5.96 Å². The number of nitrogens with one attached hydrogen (secondary N) is 17. The summed E-state index contributed by atoms with van der Waals surface area (Å²) < 4.78 is 0. The number of fused-ring (bicyclic) bond motifs is 3. The molecule has 28 N–H and O–H groups in total. The van der Waals surface area contributed by atoms with Gasteiger partial charge in [-0.2, -0.15) is 0 Å². The van der Waals surface area contributed by atoms with Gasteiger partial charge >= 0.3 is 11.9 Å². The van der Waals surface area contributed by atoms with E-state index in [1.54, 1.807) is 137 Å². The van der Waals surface area contributed by atoms with Gasteiger partial charge < -0.3 is 132 Å². The molecule has 0 radical (unpaired) electrons. The second-order valence-corrected chi connectivity index (χ2v) is 35.4. The van der Waals surface area contributed by atoms with Gasteiger partial charge in [0.05, 0.1) is 24.9 Å². The maximum Gasteiger partial charge on any atom is 0.326 e. The van der Waals surface area contributed by atoms with Crippen molar-refractivity contribution in [2.24, 2.45) is 29.0 Å². The molecule has 13 amide bonds. The van der Waals surface area contributed by atoms with Gasteiger partial charge in [0, 0.05) is 96.5 Å². The molecule has 8 aromatic rings.